The highest BCUT2D eigenvalue weighted by atomic mass is 16.5. The lowest BCUT2D eigenvalue weighted by Gasteiger charge is -2.33. The minimum absolute atomic E-state index is 0.0498. The predicted octanol–water partition coefficient (Wildman–Crippen LogP) is 2.66. The van der Waals surface area contributed by atoms with Gasteiger partial charge in [-0.1, -0.05) is 51.1 Å². The summed E-state index contributed by atoms with van der Waals surface area (Å²) in [5.41, 5.74) is -0.566. The fraction of sp³-hybridized carbons (Fsp3) is 0.600. The van der Waals surface area contributed by atoms with Crippen molar-refractivity contribution in [3.8, 4) is 0 Å². The van der Waals surface area contributed by atoms with Gasteiger partial charge in [-0.2, -0.15) is 0 Å². The lowest BCUT2D eigenvalue weighted by atomic mass is 9.94. The van der Waals surface area contributed by atoms with Crippen LogP contribution in [0.25, 0.3) is 0 Å². The molecule has 1 unspecified atom stereocenters. The van der Waals surface area contributed by atoms with E-state index < -0.39 is 11.0 Å². The van der Waals surface area contributed by atoms with Gasteiger partial charge in [0.2, 0.25) is 5.91 Å². The van der Waals surface area contributed by atoms with E-state index >= 15 is 0 Å². The zero-order valence-corrected chi connectivity index (χ0v) is 16.0. The van der Waals surface area contributed by atoms with Gasteiger partial charge in [0, 0.05) is 38.7 Å². The fourth-order valence-electron chi connectivity index (χ4n) is 3.18. The molecule has 1 aliphatic heterocycles. The molecule has 1 aromatic rings. The van der Waals surface area contributed by atoms with Gasteiger partial charge in [0.05, 0.1) is 0 Å². The van der Waals surface area contributed by atoms with Crippen LogP contribution in [0.5, 0.6) is 0 Å². The number of nitrogens with zero attached hydrogens (tertiary/aromatic N) is 2. The highest BCUT2D eigenvalue weighted by Crippen LogP contribution is 2.28. The summed E-state index contributed by atoms with van der Waals surface area (Å²) in [5.74, 6) is 0.0885. The molecule has 5 nitrogen and oxygen atoms in total. The molecule has 0 aliphatic carbocycles. The van der Waals surface area contributed by atoms with E-state index in [2.05, 4.69) is 0 Å². The average Bonchev–Trinajstić information content (AvgIpc) is 2.85. The molecular formula is C20H30N2O3. The van der Waals surface area contributed by atoms with Crippen LogP contribution in [0.4, 0.5) is 0 Å². The fourth-order valence-corrected chi connectivity index (χ4v) is 3.18. The van der Waals surface area contributed by atoms with Crippen molar-refractivity contribution in [2.75, 3.05) is 33.3 Å². The Hall–Kier alpha value is -1.88. The quantitative estimate of drug-likeness (QED) is 0.845. The maximum absolute atomic E-state index is 13.2. The topological polar surface area (TPSA) is 49.9 Å². The predicted molar refractivity (Wildman–Crippen MR) is 98.0 cm³/mol. The largest absolute Gasteiger partial charge is 0.364 e. The van der Waals surface area contributed by atoms with Crippen LogP contribution >= 0.6 is 0 Å². The molecule has 0 aromatic heterocycles. The lowest BCUT2D eigenvalue weighted by Crippen LogP contribution is -2.48. The summed E-state index contributed by atoms with van der Waals surface area (Å²) in [4.78, 5) is 29.4. The molecule has 5 heteroatoms. The molecule has 1 aromatic carbocycles. The number of carbonyl (C=O) groups is 2. The summed E-state index contributed by atoms with van der Waals surface area (Å²) in [7, 11) is 1.57. The first-order chi connectivity index (χ1) is 11.7. The van der Waals surface area contributed by atoms with E-state index in [-0.39, 0.29) is 11.8 Å². The third-order valence-corrected chi connectivity index (χ3v) is 4.85. The Labute approximate surface area is 150 Å². The molecule has 1 atom stereocenters. The Morgan fingerprint density at radius 3 is 1.88 bits per heavy atom. The van der Waals surface area contributed by atoms with Crippen molar-refractivity contribution in [2.24, 2.45) is 5.41 Å². The van der Waals surface area contributed by atoms with Crippen molar-refractivity contribution in [2.45, 2.75) is 39.7 Å². The van der Waals surface area contributed by atoms with Gasteiger partial charge in [-0.05, 0) is 18.9 Å². The van der Waals surface area contributed by atoms with E-state index in [1.165, 1.54) is 0 Å². The summed E-state index contributed by atoms with van der Waals surface area (Å²) >= 11 is 0. The van der Waals surface area contributed by atoms with Gasteiger partial charge >= 0.3 is 0 Å². The van der Waals surface area contributed by atoms with Gasteiger partial charge < -0.3 is 14.5 Å². The number of methoxy groups -OCH3 is 1. The normalized spacial score (nSPS) is 18.4. The monoisotopic (exact) mass is 346 g/mol. The number of carbonyl (C=O) groups excluding carboxylic acids is 2. The van der Waals surface area contributed by atoms with E-state index in [1.54, 1.807) is 7.11 Å². The molecule has 25 heavy (non-hydrogen) atoms. The second kappa shape index (κ2) is 7.56. The Balaban J connectivity index is 2.14. The molecule has 1 heterocycles. The van der Waals surface area contributed by atoms with E-state index in [0.717, 1.165) is 12.0 Å². The van der Waals surface area contributed by atoms with Crippen molar-refractivity contribution in [1.29, 1.82) is 0 Å². The van der Waals surface area contributed by atoms with Gasteiger partial charge in [-0.3, -0.25) is 9.59 Å². The first-order valence-corrected chi connectivity index (χ1v) is 8.89. The second-order valence-corrected chi connectivity index (χ2v) is 7.79. The minimum atomic E-state index is -1.01. The maximum Gasteiger partial charge on any atom is 0.259 e. The Kier molecular flexibility index (Phi) is 5.88. The van der Waals surface area contributed by atoms with Crippen molar-refractivity contribution in [1.82, 2.24) is 9.80 Å². The summed E-state index contributed by atoms with van der Waals surface area (Å²) in [6.45, 7) is 10.0. The summed E-state index contributed by atoms with van der Waals surface area (Å²) in [6, 6.07) is 9.56. The SMILES string of the molecule is COC(C)(C(=O)N1CCCN(C(=O)C(C)(C)C)CC1)c1ccccc1. The van der Waals surface area contributed by atoms with Crippen LogP contribution in [0.15, 0.2) is 30.3 Å². The first kappa shape index (κ1) is 19.4. The second-order valence-electron chi connectivity index (χ2n) is 7.79. The standard InChI is InChI=1S/C20H30N2O3/c1-19(2,3)17(23)21-12-9-13-22(15-14-21)18(24)20(4,25-5)16-10-7-6-8-11-16/h6-8,10-11H,9,12-15H2,1-5H3. The molecule has 1 fully saturated rings. The third-order valence-electron chi connectivity index (χ3n) is 4.85. The Bertz CT molecular complexity index is 609. The molecule has 0 bridgehead atoms. The van der Waals surface area contributed by atoms with Crippen LogP contribution in [-0.2, 0) is 19.9 Å². The van der Waals surface area contributed by atoms with Crippen LogP contribution < -0.4 is 0 Å². The molecule has 2 amide bonds. The van der Waals surface area contributed by atoms with Gasteiger partial charge in [0.25, 0.3) is 5.91 Å². The van der Waals surface area contributed by atoms with Gasteiger partial charge in [-0.15, -0.1) is 0 Å². The molecule has 0 radical (unpaired) electrons. The van der Waals surface area contributed by atoms with E-state index in [1.807, 2.05) is 67.8 Å². The smallest absolute Gasteiger partial charge is 0.259 e. The van der Waals surface area contributed by atoms with Gasteiger partial charge in [-0.25, -0.2) is 0 Å². The average molecular weight is 346 g/mol. The van der Waals surface area contributed by atoms with Gasteiger partial charge in [0.15, 0.2) is 5.60 Å². The number of hydrogen-bond acceptors (Lipinski definition) is 3. The van der Waals surface area contributed by atoms with E-state index in [4.69, 9.17) is 4.74 Å². The minimum Gasteiger partial charge on any atom is -0.364 e. The number of ether oxygens (including phenoxy) is 1. The molecule has 1 saturated heterocycles. The third kappa shape index (κ3) is 4.21. The summed E-state index contributed by atoms with van der Waals surface area (Å²) in [5, 5.41) is 0. The van der Waals surface area contributed by atoms with E-state index in [9.17, 15) is 9.59 Å². The maximum atomic E-state index is 13.2. The van der Waals surface area contributed by atoms with Crippen molar-refractivity contribution in [3.05, 3.63) is 35.9 Å². The van der Waals surface area contributed by atoms with Crippen LogP contribution in [0.2, 0.25) is 0 Å². The molecular weight excluding hydrogens is 316 g/mol. The van der Waals surface area contributed by atoms with Crippen LogP contribution in [0, 0.1) is 5.41 Å². The summed E-state index contributed by atoms with van der Waals surface area (Å²) in [6.07, 6.45) is 0.780. The van der Waals surface area contributed by atoms with Crippen LogP contribution in [0.1, 0.15) is 39.7 Å². The molecule has 2 rings (SSSR count). The van der Waals surface area contributed by atoms with Crippen molar-refractivity contribution >= 4 is 11.8 Å². The number of rotatable bonds is 3. The molecule has 0 spiro atoms. The molecule has 0 saturated carbocycles. The highest BCUT2D eigenvalue weighted by molar-refractivity contribution is 5.86. The van der Waals surface area contributed by atoms with Crippen LogP contribution in [0.3, 0.4) is 0 Å². The first-order valence-electron chi connectivity index (χ1n) is 8.89. The number of benzene rings is 1. The van der Waals surface area contributed by atoms with Crippen molar-refractivity contribution in [3.63, 3.8) is 0 Å². The van der Waals surface area contributed by atoms with Gasteiger partial charge in [0.1, 0.15) is 0 Å². The van der Waals surface area contributed by atoms with Crippen LogP contribution in [-0.4, -0.2) is 54.9 Å². The zero-order valence-electron chi connectivity index (χ0n) is 16.0. The lowest BCUT2D eigenvalue weighted by molar-refractivity contribution is -0.154. The zero-order chi connectivity index (χ0) is 18.7. The summed E-state index contributed by atoms with van der Waals surface area (Å²) < 4.78 is 5.64. The van der Waals surface area contributed by atoms with Crippen molar-refractivity contribution < 1.29 is 14.3 Å². The Morgan fingerprint density at radius 1 is 0.880 bits per heavy atom. The molecule has 1 aliphatic rings. The number of hydrogen-bond donors (Lipinski definition) is 0. The highest BCUT2D eigenvalue weighted by Gasteiger charge is 2.39. The Morgan fingerprint density at radius 2 is 1.40 bits per heavy atom. The number of amides is 2. The van der Waals surface area contributed by atoms with E-state index in [0.29, 0.717) is 26.2 Å². The molecule has 0 N–H and O–H groups in total. The molecule has 138 valence electrons.